The van der Waals surface area contributed by atoms with Crippen LogP contribution in [-0.2, 0) is 4.79 Å². The Bertz CT molecular complexity index is 352. The van der Waals surface area contributed by atoms with E-state index >= 15 is 0 Å². The number of piperazine rings is 1. The molecule has 0 saturated carbocycles. The topological polar surface area (TPSA) is 26.8 Å². The van der Waals surface area contributed by atoms with E-state index < -0.39 is 0 Å². The Balaban J connectivity index is 0.00000123. The lowest BCUT2D eigenvalue weighted by Crippen LogP contribution is -2.51. The van der Waals surface area contributed by atoms with E-state index in [1.807, 2.05) is 34.6 Å². The molecule has 24 heavy (non-hydrogen) atoms. The molecule has 2 saturated heterocycles. The highest BCUT2D eigenvalue weighted by Gasteiger charge is 2.30. The van der Waals surface area contributed by atoms with Gasteiger partial charge in [0.2, 0.25) is 5.91 Å². The molecule has 2 aliphatic heterocycles. The van der Waals surface area contributed by atoms with Crippen LogP contribution in [0.1, 0.15) is 61.3 Å². The summed E-state index contributed by atoms with van der Waals surface area (Å²) in [6, 6.07) is 0.602. The monoisotopic (exact) mass is 339 g/mol. The lowest BCUT2D eigenvalue weighted by atomic mass is 9.94. The zero-order valence-electron chi connectivity index (χ0n) is 17.3. The van der Waals surface area contributed by atoms with Crippen molar-refractivity contribution < 1.29 is 4.79 Å². The van der Waals surface area contributed by atoms with Crippen molar-refractivity contribution in [3.63, 3.8) is 0 Å². The van der Waals surface area contributed by atoms with E-state index in [0.717, 1.165) is 57.8 Å². The Kier molecular flexibility index (Phi) is 11.8. The Morgan fingerprint density at radius 1 is 0.875 bits per heavy atom. The standard InChI is InChI=1S/C16H29N3O.2C2H6/c1-13(2)17-7-5-15(6-8-17)16(20)19-11-9-18(10-12-19)14(3)4;2*1-2/h13,15H,3,5-12H2,1-2,4H3;2*1-2H3. The van der Waals surface area contributed by atoms with Crippen LogP contribution < -0.4 is 0 Å². The number of amides is 1. The average molecular weight is 340 g/mol. The summed E-state index contributed by atoms with van der Waals surface area (Å²) < 4.78 is 0. The van der Waals surface area contributed by atoms with Gasteiger partial charge in [-0.2, -0.15) is 0 Å². The largest absolute Gasteiger partial charge is 0.372 e. The molecule has 0 spiro atoms. The van der Waals surface area contributed by atoms with Crippen LogP contribution in [0.3, 0.4) is 0 Å². The van der Waals surface area contributed by atoms with Crippen molar-refractivity contribution in [2.24, 2.45) is 5.92 Å². The molecule has 2 heterocycles. The maximum absolute atomic E-state index is 12.6. The van der Waals surface area contributed by atoms with Crippen LogP contribution in [0.25, 0.3) is 0 Å². The van der Waals surface area contributed by atoms with Gasteiger partial charge in [0.15, 0.2) is 0 Å². The molecule has 0 aromatic carbocycles. The molecule has 0 unspecified atom stereocenters. The van der Waals surface area contributed by atoms with Crippen LogP contribution in [0.15, 0.2) is 12.3 Å². The van der Waals surface area contributed by atoms with Crippen molar-refractivity contribution in [3.05, 3.63) is 12.3 Å². The van der Waals surface area contributed by atoms with Crippen molar-refractivity contribution >= 4 is 5.91 Å². The quantitative estimate of drug-likeness (QED) is 0.782. The molecule has 0 N–H and O–H groups in total. The van der Waals surface area contributed by atoms with Gasteiger partial charge in [0.05, 0.1) is 0 Å². The fourth-order valence-electron chi connectivity index (χ4n) is 3.23. The van der Waals surface area contributed by atoms with Crippen LogP contribution in [-0.4, -0.2) is 65.9 Å². The third kappa shape index (κ3) is 6.84. The summed E-state index contributed by atoms with van der Waals surface area (Å²) in [6.07, 6.45) is 2.05. The predicted octanol–water partition coefficient (Wildman–Crippen LogP) is 3.84. The molecule has 0 aromatic heterocycles. The van der Waals surface area contributed by atoms with E-state index in [9.17, 15) is 4.79 Å². The van der Waals surface area contributed by atoms with E-state index in [2.05, 4.69) is 35.1 Å². The molecule has 2 aliphatic rings. The zero-order chi connectivity index (χ0) is 18.7. The first kappa shape index (κ1) is 23.0. The first-order chi connectivity index (χ1) is 11.5. The van der Waals surface area contributed by atoms with Gasteiger partial charge in [0.25, 0.3) is 0 Å². The van der Waals surface area contributed by atoms with Crippen molar-refractivity contribution in [2.45, 2.75) is 67.3 Å². The summed E-state index contributed by atoms with van der Waals surface area (Å²) in [7, 11) is 0. The lowest BCUT2D eigenvalue weighted by molar-refractivity contribution is -0.138. The molecule has 0 bridgehead atoms. The van der Waals surface area contributed by atoms with Gasteiger partial charge in [0.1, 0.15) is 0 Å². The molecule has 4 heteroatoms. The summed E-state index contributed by atoms with van der Waals surface area (Å²) in [5, 5.41) is 0. The van der Waals surface area contributed by atoms with Crippen molar-refractivity contribution in [1.82, 2.24) is 14.7 Å². The van der Waals surface area contributed by atoms with Crippen LogP contribution in [0.5, 0.6) is 0 Å². The summed E-state index contributed by atoms with van der Waals surface area (Å²) >= 11 is 0. The lowest BCUT2D eigenvalue weighted by Gasteiger charge is -2.40. The van der Waals surface area contributed by atoms with Crippen LogP contribution in [0, 0.1) is 5.92 Å². The highest BCUT2D eigenvalue weighted by Crippen LogP contribution is 2.22. The molecule has 0 radical (unpaired) electrons. The number of hydrogen-bond acceptors (Lipinski definition) is 3. The molecule has 1 amide bonds. The molecule has 2 fully saturated rings. The maximum atomic E-state index is 12.6. The number of nitrogens with zero attached hydrogens (tertiary/aromatic N) is 3. The Morgan fingerprint density at radius 2 is 1.29 bits per heavy atom. The van der Waals surface area contributed by atoms with E-state index in [-0.39, 0.29) is 5.92 Å². The van der Waals surface area contributed by atoms with Gasteiger partial charge in [-0.15, -0.1) is 0 Å². The van der Waals surface area contributed by atoms with E-state index in [1.165, 1.54) is 0 Å². The van der Waals surface area contributed by atoms with Crippen LogP contribution in [0.2, 0.25) is 0 Å². The van der Waals surface area contributed by atoms with Gasteiger partial charge in [0, 0.05) is 43.8 Å². The van der Waals surface area contributed by atoms with E-state index in [4.69, 9.17) is 0 Å². The van der Waals surface area contributed by atoms with Crippen molar-refractivity contribution in [1.29, 1.82) is 0 Å². The number of piperidine rings is 1. The number of rotatable bonds is 3. The summed E-state index contributed by atoms with van der Waals surface area (Å²) in [6.45, 7) is 24.2. The minimum Gasteiger partial charge on any atom is -0.372 e. The molecule has 0 atom stereocenters. The number of carbonyl (C=O) groups is 1. The minimum absolute atomic E-state index is 0.251. The minimum atomic E-state index is 0.251. The number of likely N-dealkylation sites (tertiary alicyclic amines) is 1. The summed E-state index contributed by atoms with van der Waals surface area (Å²) in [5.74, 6) is 0.635. The molecule has 4 nitrogen and oxygen atoms in total. The predicted molar refractivity (Wildman–Crippen MR) is 105 cm³/mol. The highest BCUT2D eigenvalue weighted by molar-refractivity contribution is 5.79. The first-order valence-corrected chi connectivity index (χ1v) is 9.92. The molecule has 2 rings (SSSR count). The Hall–Kier alpha value is -1.03. The van der Waals surface area contributed by atoms with Gasteiger partial charge in [-0.05, 0) is 46.7 Å². The molecule has 0 aromatic rings. The van der Waals surface area contributed by atoms with E-state index in [0.29, 0.717) is 11.9 Å². The number of allylic oxidation sites excluding steroid dienone is 1. The molecular formula is C20H41N3O. The van der Waals surface area contributed by atoms with Crippen LogP contribution in [0.4, 0.5) is 0 Å². The van der Waals surface area contributed by atoms with Gasteiger partial charge >= 0.3 is 0 Å². The van der Waals surface area contributed by atoms with Gasteiger partial charge < -0.3 is 14.7 Å². The Labute approximate surface area is 150 Å². The fourth-order valence-corrected chi connectivity index (χ4v) is 3.23. The molecular weight excluding hydrogens is 298 g/mol. The van der Waals surface area contributed by atoms with E-state index in [1.54, 1.807) is 0 Å². The Morgan fingerprint density at radius 3 is 1.67 bits per heavy atom. The highest BCUT2D eigenvalue weighted by atomic mass is 16.2. The van der Waals surface area contributed by atoms with Crippen LogP contribution >= 0.6 is 0 Å². The normalized spacial score (nSPS) is 19.2. The van der Waals surface area contributed by atoms with Gasteiger partial charge in [-0.3, -0.25) is 4.79 Å². The third-order valence-corrected chi connectivity index (χ3v) is 4.74. The smallest absolute Gasteiger partial charge is 0.225 e. The molecule has 142 valence electrons. The maximum Gasteiger partial charge on any atom is 0.225 e. The summed E-state index contributed by atoms with van der Waals surface area (Å²) in [5.41, 5.74) is 1.11. The average Bonchev–Trinajstić information content (AvgIpc) is 2.64. The van der Waals surface area contributed by atoms with Crippen molar-refractivity contribution in [3.8, 4) is 0 Å². The SMILES string of the molecule is C=C(C)N1CCN(C(=O)C2CCN(C(C)C)CC2)CC1.CC.CC. The van der Waals surface area contributed by atoms with Gasteiger partial charge in [-0.1, -0.05) is 34.3 Å². The zero-order valence-corrected chi connectivity index (χ0v) is 17.3. The first-order valence-electron chi connectivity index (χ1n) is 9.92. The molecule has 0 aliphatic carbocycles. The summed E-state index contributed by atoms with van der Waals surface area (Å²) in [4.78, 5) is 19.4. The van der Waals surface area contributed by atoms with Gasteiger partial charge in [-0.25, -0.2) is 0 Å². The second kappa shape index (κ2) is 12.3. The third-order valence-electron chi connectivity index (χ3n) is 4.74. The second-order valence-corrected chi connectivity index (χ2v) is 6.45. The van der Waals surface area contributed by atoms with Crippen molar-refractivity contribution in [2.75, 3.05) is 39.3 Å². The second-order valence-electron chi connectivity index (χ2n) is 6.45. The fraction of sp³-hybridized carbons (Fsp3) is 0.850. The number of hydrogen-bond donors (Lipinski definition) is 0. The number of carbonyl (C=O) groups excluding carboxylic acids is 1.